The SMILES string of the molecule is CNCc1cc(Br)ccc1OCCC(F)(F)F. The first-order chi connectivity index (χ1) is 7.92. The smallest absolute Gasteiger partial charge is 0.392 e. The van der Waals surface area contributed by atoms with E-state index in [1.807, 2.05) is 6.07 Å². The standard InChI is InChI=1S/C11H13BrF3NO/c1-16-7-8-6-9(12)2-3-10(8)17-5-4-11(13,14)15/h2-3,6,16H,4-5,7H2,1H3. The van der Waals surface area contributed by atoms with Gasteiger partial charge in [0.25, 0.3) is 0 Å². The Morgan fingerprint density at radius 1 is 1.35 bits per heavy atom. The van der Waals surface area contributed by atoms with Crippen LogP contribution in [0.25, 0.3) is 0 Å². The van der Waals surface area contributed by atoms with Gasteiger partial charge in [0.15, 0.2) is 0 Å². The zero-order chi connectivity index (χ0) is 12.9. The van der Waals surface area contributed by atoms with E-state index in [0.29, 0.717) is 12.3 Å². The van der Waals surface area contributed by atoms with Crippen LogP contribution in [-0.2, 0) is 6.54 Å². The first-order valence-corrected chi connectivity index (χ1v) is 5.84. The molecule has 17 heavy (non-hydrogen) atoms. The van der Waals surface area contributed by atoms with Crippen LogP contribution in [0.15, 0.2) is 22.7 Å². The fourth-order valence-electron chi connectivity index (χ4n) is 1.29. The predicted molar refractivity (Wildman–Crippen MR) is 63.1 cm³/mol. The summed E-state index contributed by atoms with van der Waals surface area (Å²) in [6.45, 7) is 0.183. The van der Waals surface area contributed by atoms with E-state index in [1.165, 1.54) is 0 Å². The molecule has 1 rings (SSSR count). The molecule has 6 heteroatoms. The molecule has 0 atom stereocenters. The van der Waals surface area contributed by atoms with Crippen molar-refractivity contribution in [2.24, 2.45) is 0 Å². The summed E-state index contributed by atoms with van der Waals surface area (Å²) in [5.74, 6) is 0.479. The van der Waals surface area contributed by atoms with Crippen LogP contribution >= 0.6 is 15.9 Å². The van der Waals surface area contributed by atoms with Crippen LogP contribution in [0.3, 0.4) is 0 Å². The van der Waals surface area contributed by atoms with E-state index in [4.69, 9.17) is 4.74 Å². The van der Waals surface area contributed by atoms with Crippen molar-refractivity contribution in [1.82, 2.24) is 5.32 Å². The van der Waals surface area contributed by atoms with Gasteiger partial charge in [0, 0.05) is 16.6 Å². The molecule has 0 aliphatic carbocycles. The molecule has 96 valence electrons. The lowest BCUT2D eigenvalue weighted by molar-refractivity contribution is -0.139. The zero-order valence-corrected chi connectivity index (χ0v) is 10.9. The van der Waals surface area contributed by atoms with Crippen LogP contribution in [0.4, 0.5) is 13.2 Å². The van der Waals surface area contributed by atoms with Crippen molar-refractivity contribution in [2.75, 3.05) is 13.7 Å². The molecule has 1 aromatic carbocycles. The first kappa shape index (κ1) is 14.3. The monoisotopic (exact) mass is 311 g/mol. The molecule has 1 aromatic rings. The molecule has 0 heterocycles. The fourth-order valence-corrected chi connectivity index (χ4v) is 1.70. The summed E-state index contributed by atoms with van der Waals surface area (Å²) in [5.41, 5.74) is 0.823. The highest BCUT2D eigenvalue weighted by Crippen LogP contribution is 2.25. The second-order valence-corrected chi connectivity index (χ2v) is 4.41. The van der Waals surface area contributed by atoms with E-state index in [1.54, 1.807) is 19.2 Å². The van der Waals surface area contributed by atoms with E-state index in [0.717, 1.165) is 10.0 Å². The van der Waals surface area contributed by atoms with Crippen molar-refractivity contribution in [2.45, 2.75) is 19.1 Å². The molecule has 0 bridgehead atoms. The number of ether oxygens (including phenoxy) is 1. The largest absolute Gasteiger partial charge is 0.493 e. The molecular formula is C11H13BrF3NO. The van der Waals surface area contributed by atoms with Gasteiger partial charge in [0.2, 0.25) is 0 Å². The van der Waals surface area contributed by atoms with Crippen molar-refractivity contribution in [3.63, 3.8) is 0 Å². The van der Waals surface area contributed by atoms with Gasteiger partial charge >= 0.3 is 6.18 Å². The number of rotatable bonds is 5. The van der Waals surface area contributed by atoms with Crippen molar-refractivity contribution >= 4 is 15.9 Å². The van der Waals surface area contributed by atoms with Gasteiger partial charge in [-0.05, 0) is 25.2 Å². The molecule has 0 radical (unpaired) electrons. The van der Waals surface area contributed by atoms with Crippen LogP contribution in [0.1, 0.15) is 12.0 Å². The Hall–Kier alpha value is -0.750. The quantitative estimate of drug-likeness (QED) is 0.898. The number of benzene rings is 1. The first-order valence-electron chi connectivity index (χ1n) is 5.05. The Morgan fingerprint density at radius 3 is 2.65 bits per heavy atom. The second kappa shape index (κ2) is 6.26. The summed E-state index contributed by atoms with van der Waals surface area (Å²) in [5, 5.41) is 2.94. The van der Waals surface area contributed by atoms with E-state index >= 15 is 0 Å². The van der Waals surface area contributed by atoms with E-state index in [-0.39, 0.29) is 6.61 Å². The summed E-state index contributed by atoms with van der Waals surface area (Å²) >= 11 is 3.30. The van der Waals surface area contributed by atoms with Crippen molar-refractivity contribution in [1.29, 1.82) is 0 Å². The average molecular weight is 312 g/mol. The summed E-state index contributed by atoms with van der Waals surface area (Å²) in [4.78, 5) is 0. The minimum Gasteiger partial charge on any atom is -0.493 e. The Kier molecular flexibility index (Phi) is 5.27. The summed E-state index contributed by atoms with van der Waals surface area (Å²) < 4.78 is 41.9. The maximum atomic E-state index is 12.0. The summed E-state index contributed by atoms with van der Waals surface area (Å²) in [6, 6.07) is 5.22. The van der Waals surface area contributed by atoms with E-state index in [9.17, 15) is 13.2 Å². The maximum Gasteiger partial charge on any atom is 0.392 e. The summed E-state index contributed by atoms with van der Waals surface area (Å²) in [7, 11) is 1.76. The van der Waals surface area contributed by atoms with Crippen LogP contribution in [0.5, 0.6) is 5.75 Å². The lowest BCUT2D eigenvalue weighted by Crippen LogP contribution is -2.14. The molecule has 2 nitrogen and oxygen atoms in total. The molecular weight excluding hydrogens is 299 g/mol. The van der Waals surface area contributed by atoms with Crippen LogP contribution < -0.4 is 10.1 Å². The lowest BCUT2D eigenvalue weighted by Gasteiger charge is -2.12. The highest BCUT2D eigenvalue weighted by molar-refractivity contribution is 9.10. The molecule has 0 fully saturated rings. The van der Waals surface area contributed by atoms with Crippen LogP contribution in [0.2, 0.25) is 0 Å². The van der Waals surface area contributed by atoms with E-state index in [2.05, 4.69) is 21.2 Å². The molecule has 0 amide bonds. The average Bonchev–Trinajstić information content (AvgIpc) is 2.20. The minimum atomic E-state index is -4.18. The van der Waals surface area contributed by atoms with Gasteiger partial charge in [-0.25, -0.2) is 0 Å². The highest BCUT2D eigenvalue weighted by atomic mass is 79.9. The Labute approximate surface area is 106 Å². The number of hydrogen-bond donors (Lipinski definition) is 1. The molecule has 0 aliphatic heterocycles. The maximum absolute atomic E-state index is 12.0. The predicted octanol–water partition coefficient (Wildman–Crippen LogP) is 3.50. The van der Waals surface area contributed by atoms with Crippen LogP contribution in [-0.4, -0.2) is 19.8 Å². The van der Waals surface area contributed by atoms with Gasteiger partial charge in [-0.3, -0.25) is 0 Å². The second-order valence-electron chi connectivity index (χ2n) is 3.50. The Bertz CT molecular complexity index is 368. The van der Waals surface area contributed by atoms with Gasteiger partial charge in [0.05, 0.1) is 13.0 Å². The molecule has 0 saturated carbocycles. The third kappa shape index (κ3) is 5.41. The number of hydrogen-bond acceptors (Lipinski definition) is 2. The number of nitrogens with one attached hydrogen (secondary N) is 1. The third-order valence-corrected chi connectivity index (χ3v) is 2.53. The molecule has 0 unspecified atom stereocenters. The highest BCUT2D eigenvalue weighted by Gasteiger charge is 2.26. The van der Waals surface area contributed by atoms with Gasteiger partial charge in [0.1, 0.15) is 5.75 Å². The number of alkyl halides is 3. The zero-order valence-electron chi connectivity index (χ0n) is 9.27. The fraction of sp³-hybridized carbons (Fsp3) is 0.455. The Morgan fingerprint density at radius 2 is 2.06 bits per heavy atom. The van der Waals surface area contributed by atoms with Gasteiger partial charge in [-0.1, -0.05) is 15.9 Å². The lowest BCUT2D eigenvalue weighted by atomic mass is 10.2. The van der Waals surface area contributed by atoms with Gasteiger partial charge < -0.3 is 10.1 Å². The topological polar surface area (TPSA) is 21.3 Å². The van der Waals surface area contributed by atoms with Crippen molar-refractivity contribution in [3.8, 4) is 5.75 Å². The minimum absolute atomic E-state index is 0.359. The summed E-state index contributed by atoms with van der Waals surface area (Å²) in [6.07, 6.45) is -5.12. The molecule has 0 aromatic heterocycles. The van der Waals surface area contributed by atoms with E-state index < -0.39 is 12.6 Å². The van der Waals surface area contributed by atoms with Crippen molar-refractivity contribution < 1.29 is 17.9 Å². The molecule has 0 saturated heterocycles. The normalized spacial score (nSPS) is 11.6. The van der Waals surface area contributed by atoms with Gasteiger partial charge in [-0.15, -0.1) is 0 Å². The molecule has 1 N–H and O–H groups in total. The number of halogens is 4. The molecule has 0 aliphatic rings. The van der Waals surface area contributed by atoms with Crippen LogP contribution in [0, 0.1) is 0 Å². The van der Waals surface area contributed by atoms with Gasteiger partial charge in [-0.2, -0.15) is 13.2 Å². The Balaban J connectivity index is 2.63. The molecule has 0 spiro atoms. The third-order valence-electron chi connectivity index (χ3n) is 2.03. The van der Waals surface area contributed by atoms with Crippen molar-refractivity contribution in [3.05, 3.63) is 28.2 Å².